The summed E-state index contributed by atoms with van der Waals surface area (Å²) in [7, 11) is 0. The van der Waals surface area contributed by atoms with Gasteiger partial charge in [0.15, 0.2) is 0 Å². The van der Waals surface area contributed by atoms with Gasteiger partial charge in [-0.2, -0.15) is 0 Å². The minimum absolute atomic E-state index is 0.891. The summed E-state index contributed by atoms with van der Waals surface area (Å²) in [5.41, 5.74) is 2.50. The molecule has 0 aromatic heterocycles. The van der Waals surface area contributed by atoms with Crippen molar-refractivity contribution < 1.29 is 0 Å². The van der Waals surface area contributed by atoms with Crippen LogP contribution >= 0.6 is 0 Å². The van der Waals surface area contributed by atoms with Crippen molar-refractivity contribution >= 4 is 11.5 Å². The van der Waals surface area contributed by atoms with Gasteiger partial charge < -0.3 is 10.2 Å². The largest absolute Gasteiger partial charge is 0.371 e. The molecule has 1 heterocycles. The lowest BCUT2D eigenvalue weighted by molar-refractivity contribution is 0.864. The summed E-state index contributed by atoms with van der Waals surface area (Å²) < 4.78 is 0. The molecule has 2 rings (SSSR count). The van der Waals surface area contributed by atoms with Gasteiger partial charge in [0.1, 0.15) is 5.84 Å². The first-order valence-corrected chi connectivity index (χ1v) is 5.99. The molecule has 1 aliphatic heterocycles. The first kappa shape index (κ1) is 11.0. The average Bonchev–Trinajstić information content (AvgIpc) is 2.85. The van der Waals surface area contributed by atoms with Crippen molar-refractivity contribution in [2.24, 2.45) is 4.99 Å². The van der Waals surface area contributed by atoms with Crippen molar-refractivity contribution in [1.29, 1.82) is 0 Å². The van der Waals surface area contributed by atoms with Crippen LogP contribution in [0.2, 0.25) is 0 Å². The van der Waals surface area contributed by atoms with Gasteiger partial charge in [0.25, 0.3) is 0 Å². The van der Waals surface area contributed by atoms with Crippen molar-refractivity contribution in [3.63, 3.8) is 0 Å². The molecule has 86 valence electrons. The van der Waals surface area contributed by atoms with Crippen molar-refractivity contribution in [1.82, 2.24) is 5.32 Å². The van der Waals surface area contributed by atoms with Crippen LogP contribution < -0.4 is 10.2 Å². The lowest BCUT2D eigenvalue weighted by atomic mass is 10.1. The van der Waals surface area contributed by atoms with E-state index in [-0.39, 0.29) is 0 Å². The Kier molecular flexibility index (Phi) is 3.44. The predicted molar refractivity (Wildman–Crippen MR) is 69.4 cm³/mol. The summed E-state index contributed by atoms with van der Waals surface area (Å²) in [6.07, 6.45) is 0. The molecule has 1 aromatic carbocycles. The monoisotopic (exact) mass is 217 g/mol. The third kappa shape index (κ3) is 2.03. The molecule has 0 fully saturated rings. The molecule has 1 aromatic rings. The molecule has 3 heteroatoms. The number of hydrogen-bond donors (Lipinski definition) is 1. The second kappa shape index (κ2) is 5.01. The number of nitrogens with zero attached hydrogens (tertiary/aromatic N) is 2. The summed E-state index contributed by atoms with van der Waals surface area (Å²) in [6.45, 7) is 8.28. The van der Waals surface area contributed by atoms with E-state index in [0.717, 1.165) is 32.0 Å². The molecule has 0 unspecified atom stereocenters. The quantitative estimate of drug-likeness (QED) is 0.834. The van der Waals surface area contributed by atoms with E-state index in [1.807, 2.05) is 0 Å². The predicted octanol–water partition coefficient (Wildman–Crippen LogP) is 1.88. The number of aliphatic imine (C=N–C) groups is 1. The summed E-state index contributed by atoms with van der Waals surface area (Å²) in [5, 5.41) is 3.34. The Labute approximate surface area is 97.2 Å². The molecular weight excluding hydrogens is 198 g/mol. The normalized spacial score (nSPS) is 14.5. The van der Waals surface area contributed by atoms with E-state index in [1.54, 1.807) is 0 Å². The molecule has 1 aliphatic rings. The lowest BCUT2D eigenvalue weighted by Gasteiger charge is -2.24. The Hall–Kier alpha value is -1.51. The van der Waals surface area contributed by atoms with E-state index in [4.69, 9.17) is 0 Å². The molecule has 0 bridgehead atoms. The maximum absolute atomic E-state index is 4.50. The van der Waals surface area contributed by atoms with E-state index >= 15 is 0 Å². The van der Waals surface area contributed by atoms with Crippen molar-refractivity contribution in [3.05, 3.63) is 29.8 Å². The number of benzene rings is 1. The number of rotatable bonds is 4. The van der Waals surface area contributed by atoms with E-state index in [2.05, 4.69) is 53.3 Å². The van der Waals surface area contributed by atoms with Crippen molar-refractivity contribution in [2.45, 2.75) is 13.8 Å². The lowest BCUT2D eigenvalue weighted by Crippen LogP contribution is -2.27. The molecule has 0 aliphatic carbocycles. The molecule has 1 N–H and O–H groups in total. The Bertz CT molecular complexity index is 381. The summed E-state index contributed by atoms with van der Waals surface area (Å²) in [6, 6.07) is 8.48. The fraction of sp³-hybridized carbons (Fsp3) is 0.462. The van der Waals surface area contributed by atoms with Gasteiger partial charge in [-0.15, -0.1) is 0 Å². The molecule has 0 saturated heterocycles. The van der Waals surface area contributed by atoms with Crippen LogP contribution in [-0.4, -0.2) is 32.0 Å². The summed E-state index contributed by atoms with van der Waals surface area (Å²) in [4.78, 5) is 6.86. The minimum atomic E-state index is 0.891. The van der Waals surface area contributed by atoms with Crippen LogP contribution in [0.15, 0.2) is 29.3 Å². The number of hydrogen-bond acceptors (Lipinski definition) is 3. The highest BCUT2D eigenvalue weighted by Gasteiger charge is 2.14. The van der Waals surface area contributed by atoms with Crippen molar-refractivity contribution in [3.8, 4) is 0 Å². The maximum atomic E-state index is 4.50. The van der Waals surface area contributed by atoms with Crippen LogP contribution in [0.5, 0.6) is 0 Å². The molecule has 0 atom stereocenters. The molecule has 3 nitrogen and oxygen atoms in total. The zero-order valence-electron chi connectivity index (χ0n) is 10.0. The van der Waals surface area contributed by atoms with Gasteiger partial charge in [-0.1, -0.05) is 12.1 Å². The van der Waals surface area contributed by atoms with Gasteiger partial charge in [-0.3, -0.25) is 4.99 Å². The Balaban J connectivity index is 2.36. The van der Waals surface area contributed by atoms with Gasteiger partial charge in [-0.25, -0.2) is 0 Å². The fourth-order valence-electron chi connectivity index (χ4n) is 2.09. The summed E-state index contributed by atoms with van der Waals surface area (Å²) in [5.74, 6) is 1.04. The first-order chi connectivity index (χ1) is 7.86. The Morgan fingerprint density at radius 2 is 2.00 bits per heavy atom. The second-order valence-electron chi connectivity index (χ2n) is 3.85. The van der Waals surface area contributed by atoms with Gasteiger partial charge in [0, 0.05) is 30.9 Å². The van der Waals surface area contributed by atoms with Crippen LogP contribution in [-0.2, 0) is 0 Å². The van der Waals surface area contributed by atoms with Crippen LogP contribution in [0.1, 0.15) is 19.4 Å². The third-order valence-electron chi connectivity index (χ3n) is 2.94. The number of amidine groups is 1. The zero-order chi connectivity index (χ0) is 11.4. The molecule has 0 spiro atoms. The molecule has 16 heavy (non-hydrogen) atoms. The maximum Gasteiger partial charge on any atom is 0.130 e. The fourth-order valence-corrected chi connectivity index (χ4v) is 2.09. The smallest absolute Gasteiger partial charge is 0.130 e. The van der Waals surface area contributed by atoms with Crippen LogP contribution in [0.25, 0.3) is 0 Å². The highest BCUT2D eigenvalue weighted by Crippen LogP contribution is 2.21. The number of para-hydroxylation sites is 1. The van der Waals surface area contributed by atoms with E-state index in [9.17, 15) is 0 Å². The highest BCUT2D eigenvalue weighted by molar-refractivity contribution is 6.04. The van der Waals surface area contributed by atoms with Crippen molar-refractivity contribution in [2.75, 3.05) is 31.1 Å². The summed E-state index contributed by atoms with van der Waals surface area (Å²) >= 11 is 0. The van der Waals surface area contributed by atoms with Gasteiger partial charge in [-0.05, 0) is 26.0 Å². The average molecular weight is 217 g/mol. The first-order valence-electron chi connectivity index (χ1n) is 5.99. The van der Waals surface area contributed by atoms with E-state index in [0.29, 0.717) is 0 Å². The Morgan fingerprint density at radius 1 is 1.25 bits per heavy atom. The number of nitrogens with one attached hydrogen (secondary N) is 1. The van der Waals surface area contributed by atoms with E-state index < -0.39 is 0 Å². The standard InChI is InChI=1S/C13H19N3/c1-3-16(4-2)12-8-6-5-7-11(12)13-14-9-10-15-13/h5-8H,3-4,9-10H2,1-2H3,(H,14,15). The molecule has 0 amide bonds. The second-order valence-corrected chi connectivity index (χ2v) is 3.85. The van der Waals surface area contributed by atoms with Gasteiger partial charge in [0.2, 0.25) is 0 Å². The van der Waals surface area contributed by atoms with Gasteiger partial charge >= 0.3 is 0 Å². The minimum Gasteiger partial charge on any atom is -0.371 e. The van der Waals surface area contributed by atoms with Crippen LogP contribution in [0.3, 0.4) is 0 Å². The van der Waals surface area contributed by atoms with E-state index in [1.165, 1.54) is 11.3 Å². The van der Waals surface area contributed by atoms with Crippen LogP contribution in [0, 0.1) is 0 Å². The topological polar surface area (TPSA) is 27.6 Å². The zero-order valence-corrected chi connectivity index (χ0v) is 10.0. The molecule has 0 saturated carbocycles. The van der Waals surface area contributed by atoms with Gasteiger partial charge in [0.05, 0.1) is 6.54 Å². The van der Waals surface area contributed by atoms with Crippen LogP contribution in [0.4, 0.5) is 5.69 Å². The number of anilines is 1. The molecular formula is C13H19N3. The SMILES string of the molecule is CCN(CC)c1ccccc1C1=NCCN1. The highest BCUT2D eigenvalue weighted by atomic mass is 15.1. The Morgan fingerprint density at radius 3 is 2.62 bits per heavy atom. The third-order valence-corrected chi connectivity index (χ3v) is 2.94. The molecule has 0 radical (unpaired) electrons.